The van der Waals surface area contributed by atoms with Gasteiger partial charge < -0.3 is 45.1 Å². The third kappa shape index (κ3) is 44.7. The fourth-order valence-corrected chi connectivity index (χ4v) is 9.77. The van der Waals surface area contributed by atoms with Crippen LogP contribution in [0.15, 0.2) is 97.2 Å². The monoisotopic (exact) mass is 1140 g/mol. The molecule has 81 heavy (non-hydrogen) atoms. The highest BCUT2D eigenvalue weighted by molar-refractivity contribution is 5.80. The van der Waals surface area contributed by atoms with Crippen LogP contribution in [-0.2, 0) is 23.8 Å². The number of aliphatic hydroxyl groups is 5. The van der Waals surface area contributed by atoms with E-state index in [0.717, 1.165) is 116 Å². The van der Waals surface area contributed by atoms with Gasteiger partial charge in [-0.15, -0.1) is 0 Å². The number of nitrogens with one attached hydrogen (secondary N) is 1. The van der Waals surface area contributed by atoms with E-state index < -0.39 is 67.4 Å². The molecule has 0 spiro atoms. The molecule has 466 valence electrons. The Morgan fingerprint density at radius 2 is 0.889 bits per heavy atom. The summed E-state index contributed by atoms with van der Waals surface area (Å²) in [4.78, 5) is 26.6. The quantitative estimate of drug-likeness (QED) is 0.0195. The second-order valence-electron chi connectivity index (χ2n) is 22.5. The minimum absolute atomic E-state index is 0.0889. The number of carbonyl (C=O) groups excluding carboxylic acids is 2. The lowest BCUT2D eigenvalue weighted by Crippen LogP contribution is -2.61. The van der Waals surface area contributed by atoms with Crippen molar-refractivity contribution in [1.29, 1.82) is 0 Å². The third-order valence-corrected chi connectivity index (χ3v) is 15.0. The Morgan fingerprint density at radius 3 is 1.35 bits per heavy atom. The van der Waals surface area contributed by atoms with Gasteiger partial charge in [0.1, 0.15) is 24.4 Å². The van der Waals surface area contributed by atoms with Crippen LogP contribution in [0.4, 0.5) is 0 Å². The molecule has 0 aromatic heterocycles. The van der Waals surface area contributed by atoms with Gasteiger partial charge in [0, 0.05) is 6.42 Å². The summed E-state index contributed by atoms with van der Waals surface area (Å²) in [6, 6.07) is -1.04. The van der Waals surface area contributed by atoms with E-state index in [-0.39, 0.29) is 19.4 Å². The molecule has 0 saturated carbocycles. The largest absolute Gasteiger partial charge is 0.454 e. The van der Waals surface area contributed by atoms with Crippen LogP contribution in [0, 0.1) is 0 Å². The van der Waals surface area contributed by atoms with Crippen molar-refractivity contribution in [3.63, 3.8) is 0 Å². The fraction of sp³-hybridized carbons (Fsp3) is 0.743. The summed E-state index contributed by atoms with van der Waals surface area (Å²) < 4.78 is 17.6. The van der Waals surface area contributed by atoms with Gasteiger partial charge in [-0.3, -0.25) is 9.59 Å². The maximum absolute atomic E-state index is 13.4. The highest BCUT2D eigenvalue weighted by atomic mass is 16.7. The minimum Gasteiger partial charge on any atom is -0.454 e. The van der Waals surface area contributed by atoms with E-state index >= 15 is 0 Å². The van der Waals surface area contributed by atoms with Crippen molar-refractivity contribution in [1.82, 2.24) is 5.32 Å². The molecule has 1 saturated heterocycles. The molecule has 1 amide bonds. The first-order valence-corrected chi connectivity index (χ1v) is 33.0. The van der Waals surface area contributed by atoms with Crippen LogP contribution >= 0.6 is 0 Å². The summed E-state index contributed by atoms with van der Waals surface area (Å²) in [5.41, 5.74) is 0. The Labute approximate surface area is 495 Å². The second-order valence-corrected chi connectivity index (χ2v) is 22.5. The molecule has 1 rings (SSSR count). The predicted molar refractivity (Wildman–Crippen MR) is 338 cm³/mol. The number of esters is 1. The maximum atomic E-state index is 13.4. The number of hydrogen-bond acceptors (Lipinski definition) is 10. The number of hydrogen-bond donors (Lipinski definition) is 6. The Morgan fingerprint density at radius 1 is 0.494 bits per heavy atom. The number of amides is 1. The first-order valence-electron chi connectivity index (χ1n) is 33.0. The molecule has 6 N–H and O–H groups in total. The zero-order valence-electron chi connectivity index (χ0n) is 51.6. The van der Waals surface area contributed by atoms with Crippen LogP contribution in [0.2, 0.25) is 0 Å². The Balaban J connectivity index is 2.67. The SMILES string of the molecule is CC/C=C\C/C=C\C/C=C\C/C=C\C/C=C\C/C=C\CCCCCCC(=O)OC1C(OCC(NC(=O)C(O)CCCCCCCC/C=C/CCCCCCCC)C(O)/C=C/CCCCCCCCCCCCC)OC(CO)C(O)C1O. The van der Waals surface area contributed by atoms with Crippen molar-refractivity contribution in [2.45, 2.75) is 320 Å². The Bertz CT molecular complexity index is 1690. The van der Waals surface area contributed by atoms with Crippen molar-refractivity contribution in [2.24, 2.45) is 0 Å². The lowest BCUT2D eigenvalue weighted by Gasteiger charge is -2.41. The number of carbonyl (C=O) groups is 2. The van der Waals surface area contributed by atoms with Crippen molar-refractivity contribution in [3.8, 4) is 0 Å². The minimum atomic E-state index is -1.63. The highest BCUT2D eigenvalue weighted by Gasteiger charge is 2.47. The Hall–Kier alpha value is -3.42. The van der Waals surface area contributed by atoms with E-state index in [1.807, 2.05) is 6.08 Å². The van der Waals surface area contributed by atoms with Gasteiger partial charge in [0.25, 0.3) is 0 Å². The smallest absolute Gasteiger partial charge is 0.306 e. The number of ether oxygens (including phenoxy) is 3. The third-order valence-electron chi connectivity index (χ3n) is 15.0. The van der Waals surface area contributed by atoms with Crippen molar-refractivity contribution in [3.05, 3.63) is 97.2 Å². The molecule has 1 fully saturated rings. The van der Waals surface area contributed by atoms with E-state index in [0.29, 0.717) is 12.8 Å². The molecule has 8 atom stereocenters. The molecule has 8 unspecified atom stereocenters. The maximum Gasteiger partial charge on any atom is 0.306 e. The average molecular weight is 1140 g/mol. The van der Waals surface area contributed by atoms with Gasteiger partial charge >= 0.3 is 5.97 Å². The van der Waals surface area contributed by atoms with Crippen molar-refractivity contribution < 1.29 is 49.3 Å². The first-order chi connectivity index (χ1) is 39.7. The molecular weight excluding hydrogens is 1010 g/mol. The fourth-order valence-electron chi connectivity index (χ4n) is 9.77. The molecular formula is C70H121NO10. The standard InChI is InChI=1S/C70H121NO10/c1-4-7-10-13-16-19-22-25-27-29-30-31-32-33-34-35-37-40-43-46-49-52-55-58-65(75)81-68-67(77)66(76)64(59-72)80-70(68)79-60-61(62(73)56-53-50-47-44-41-38-24-21-18-15-12-9-6-3)71-69(78)63(74)57-54-51-48-45-42-39-36-28-26-23-20-17-14-11-8-5-2/h7,10,16,19,25-28,30-31,33-34,37,40,53,56,61-64,66-68,70,72-74,76-77H,4-6,8-9,11-15,17-18,20-24,29,32,35-36,38-39,41-52,54-55,57-60H2,1-3H3,(H,71,78)/b10-7-,19-16-,27-25-,28-26+,31-30-,34-33-,40-37-,56-53+. The lowest BCUT2D eigenvalue weighted by atomic mass is 9.99. The van der Waals surface area contributed by atoms with Crippen LogP contribution in [-0.4, -0.2) is 99.6 Å². The Kier molecular flexibility index (Phi) is 53.2. The lowest BCUT2D eigenvalue weighted by molar-refractivity contribution is -0.305. The number of rotatable bonds is 55. The van der Waals surface area contributed by atoms with E-state index in [9.17, 15) is 35.1 Å². The van der Waals surface area contributed by atoms with Crippen LogP contribution in [0.3, 0.4) is 0 Å². The molecule has 1 aliphatic heterocycles. The zero-order chi connectivity index (χ0) is 58.9. The van der Waals surface area contributed by atoms with Gasteiger partial charge in [-0.2, -0.15) is 0 Å². The van der Waals surface area contributed by atoms with Gasteiger partial charge in [0.15, 0.2) is 12.4 Å². The van der Waals surface area contributed by atoms with E-state index in [2.05, 4.69) is 111 Å². The molecule has 1 heterocycles. The average Bonchev–Trinajstić information content (AvgIpc) is 3.53. The summed E-state index contributed by atoms with van der Waals surface area (Å²) >= 11 is 0. The molecule has 0 bridgehead atoms. The van der Waals surface area contributed by atoms with Gasteiger partial charge in [0.2, 0.25) is 5.91 Å². The van der Waals surface area contributed by atoms with Crippen LogP contribution in [0.5, 0.6) is 0 Å². The number of aliphatic hydroxyl groups excluding tert-OH is 5. The molecule has 11 heteroatoms. The first kappa shape index (κ1) is 75.6. The van der Waals surface area contributed by atoms with Crippen LogP contribution in [0.25, 0.3) is 0 Å². The predicted octanol–water partition coefficient (Wildman–Crippen LogP) is 16.3. The van der Waals surface area contributed by atoms with Gasteiger partial charge in [-0.1, -0.05) is 259 Å². The molecule has 0 radical (unpaired) electrons. The summed E-state index contributed by atoms with van der Waals surface area (Å²) in [6.07, 6.45) is 65.8. The molecule has 1 aliphatic rings. The van der Waals surface area contributed by atoms with Crippen molar-refractivity contribution in [2.75, 3.05) is 13.2 Å². The summed E-state index contributed by atoms with van der Waals surface area (Å²) in [6.45, 7) is 5.66. The van der Waals surface area contributed by atoms with Gasteiger partial charge in [-0.05, 0) is 103 Å². The summed E-state index contributed by atoms with van der Waals surface area (Å²) in [5, 5.41) is 57.1. The number of allylic oxidation sites excluding steroid dienone is 15. The molecule has 0 aromatic rings. The number of unbranched alkanes of at least 4 members (excludes halogenated alkanes) is 27. The van der Waals surface area contributed by atoms with Crippen molar-refractivity contribution >= 4 is 11.9 Å². The normalized spacial score (nSPS) is 19.3. The van der Waals surface area contributed by atoms with Gasteiger partial charge in [-0.25, -0.2) is 0 Å². The summed E-state index contributed by atoms with van der Waals surface area (Å²) in [5.74, 6) is -1.23. The molecule has 0 aromatic carbocycles. The molecule has 11 nitrogen and oxygen atoms in total. The highest BCUT2D eigenvalue weighted by Crippen LogP contribution is 2.26. The zero-order valence-corrected chi connectivity index (χ0v) is 51.6. The van der Waals surface area contributed by atoms with Crippen LogP contribution in [0.1, 0.15) is 271 Å². The van der Waals surface area contributed by atoms with E-state index in [1.165, 1.54) is 109 Å². The summed E-state index contributed by atoms with van der Waals surface area (Å²) in [7, 11) is 0. The van der Waals surface area contributed by atoms with Crippen LogP contribution < -0.4 is 5.32 Å². The van der Waals surface area contributed by atoms with Gasteiger partial charge in [0.05, 0.1) is 25.4 Å². The van der Waals surface area contributed by atoms with E-state index in [1.54, 1.807) is 6.08 Å². The molecule has 0 aliphatic carbocycles. The topological polar surface area (TPSA) is 175 Å². The second kappa shape index (κ2) is 57.0. The van der Waals surface area contributed by atoms with E-state index in [4.69, 9.17) is 14.2 Å².